The molecule has 0 saturated heterocycles. The summed E-state index contributed by atoms with van der Waals surface area (Å²) in [5.41, 5.74) is -0.425. The zero-order valence-electron chi connectivity index (χ0n) is 10.3. The third kappa shape index (κ3) is 3.80. The Hall–Kier alpha value is -1.45. The van der Waals surface area contributed by atoms with Crippen LogP contribution in [0.25, 0.3) is 0 Å². The Morgan fingerprint density at radius 2 is 1.71 bits per heavy atom. The van der Waals surface area contributed by atoms with Gasteiger partial charge in [0, 0.05) is 15.0 Å². The van der Waals surface area contributed by atoms with Crippen molar-refractivity contribution in [3.05, 3.63) is 61.5 Å². The van der Waals surface area contributed by atoms with Crippen molar-refractivity contribution in [1.29, 1.82) is 0 Å². The largest absolute Gasteiger partial charge is 0.294 e. The quantitative estimate of drug-likeness (QED) is 0.582. The number of nitro benzene ring substituents is 1. The van der Waals surface area contributed by atoms with Gasteiger partial charge in [0.15, 0.2) is 0 Å². The Bertz CT molecular complexity index is 809. The van der Waals surface area contributed by atoms with Gasteiger partial charge in [-0.3, -0.25) is 14.8 Å². The highest BCUT2D eigenvalue weighted by atomic mass is 79.9. The fourth-order valence-electron chi connectivity index (χ4n) is 1.58. The summed E-state index contributed by atoms with van der Waals surface area (Å²) in [7, 11) is -3.90. The summed E-state index contributed by atoms with van der Waals surface area (Å²) in [6, 6.07) is 10.1. The Labute approximate surface area is 137 Å². The van der Waals surface area contributed by atoms with E-state index >= 15 is 0 Å². The highest BCUT2D eigenvalue weighted by molar-refractivity contribution is 9.10. The van der Waals surface area contributed by atoms with Crippen molar-refractivity contribution in [2.45, 2.75) is 4.90 Å². The molecule has 0 aliphatic heterocycles. The molecule has 0 spiro atoms. The molecule has 110 valence electrons. The van der Waals surface area contributed by atoms with Gasteiger partial charge in [-0.1, -0.05) is 37.9 Å². The molecule has 6 nitrogen and oxygen atoms in total. The predicted molar refractivity (Wildman–Crippen MR) is 85.7 cm³/mol. The maximum atomic E-state index is 12.2. The molecule has 2 aromatic rings. The van der Waals surface area contributed by atoms with Gasteiger partial charge in [0.05, 0.1) is 9.82 Å². The highest BCUT2D eigenvalue weighted by Gasteiger charge is 2.21. The Balaban J connectivity index is 2.44. The third-order valence-corrected chi connectivity index (χ3v) is 4.86. The van der Waals surface area contributed by atoms with Gasteiger partial charge in [0.1, 0.15) is 5.69 Å². The van der Waals surface area contributed by atoms with E-state index < -0.39 is 14.9 Å². The molecule has 21 heavy (non-hydrogen) atoms. The van der Waals surface area contributed by atoms with Crippen LogP contribution in [0.1, 0.15) is 0 Å². The first-order valence-electron chi connectivity index (χ1n) is 5.52. The molecule has 0 radical (unpaired) electrons. The summed E-state index contributed by atoms with van der Waals surface area (Å²) < 4.78 is 27.8. The van der Waals surface area contributed by atoms with Crippen molar-refractivity contribution in [3.8, 4) is 0 Å². The standard InChI is InChI=1S/C12H8Br2N2O4S/c13-8-2-1-3-10(6-8)21(19,20)15-11-5-4-9(14)7-12(11)16(17)18/h1-7,15H. The zero-order chi connectivity index (χ0) is 15.6. The second-order valence-electron chi connectivity index (χ2n) is 3.98. The van der Waals surface area contributed by atoms with Gasteiger partial charge in [0.25, 0.3) is 15.7 Å². The molecule has 0 bridgehead atoms. The van der Waals surface area contributed by atoms with Crippen LogP contribution in [0.5, 0.6) is 0 Å². The van der Waals surface area contributed by atoms with E-state index in [1.807, 2.05) is 0 Å². The van der Waals surface area contributed by atoms with E-state index in [2.05, 4.69) is 36.6 Å². The Kier molecular flexibility index (Phi) is 4.64. The summed E-state index contributed by atoms with van der Waals surface area (Å²) in [5, 5.41) is 11.0. The Morgan fingerprint density at radius 3 is 2.33 bits per heavy atom. The molecule has 0 aromatic heterocycles. The number of nitrogens with zero attached hydrogens (tertiary/aromatic N) is 1. The molecule has 0 atom stereocenters. The average Bonchev–Trinajstić information content (AvgIpc) is 2.40. The van der Waals surface area contributed by atoms with Crippen LogP contribution >= 0.6 is 31.9 Å². The predicted octanol–water partition coefficient (Wildman–Crippen LogP) is 3.92. The molecule has 0 saturated carbocycles. The van der Waals surface area contributed by atoms with Gasteiger partial charge in [-0.25, -0.2) is 8.42 Å². The summed E-state index contributed by atoms with van der Waals surface area (Å²) >= 11 is 6.29. The molecular formula is C12H8Br2N2O4S. The zero-order valence-corrected chi connectivity index (χ0v) is 14.3. The molecule has 2 rings (SSSR count). The van der Waals surface area contributed by atoms with Crippen LogP contribution < -0.4 is 4.72 Å². The number of nitrogens with one attached hydrogen (secondary N) is 1. The molecule has 9 heteroatoms. The van der Waals surface area contributed by atoms with Crippen LogP contribution in [0.2, 0.25) is 0 Å². The van der Waals surface area contributed by atoms with Crippen molar-refractivity contribution < 1.29 is 13.3 Å². The smallest absolute Gasteiger partial charge is 0.273 e. The molecule has 0 unspecified atom stereocenters. The first-order valence-corrected chi connectivity index (χ1v) is 8.59. The number of anilines is 1. The van der Waals surface area contributed by atoms with Crippen LogP contribution in [0.3, 0.4) is 0 Å². The number of hydrogen-bond donors (Lipinski definition) is 1. The molecule has 0 fully saturated rings. The lowest BCUT2D eigenvalue weighted by molar-refractivity contribution is -0.384. The van der Waals surface area contributed by atoms with Crippen molar-refractivity contribution >= 4 is 53.3 Å². The summed E-state index contributed by atoms with van der Waals surface area (Å²) in [4.78, 5) is 10.4. The van der Waals surface area contributed by atoms with Gasteiger partial charge in [-0.15, -0.1) is 0 Å². The maximum absolute atomic E-state index is 12.2. The van der Waals surface area contributed by atoms with E-state index in [9.17, 15) is 18.5 Å². The van der Waals surface area contributed by atoms with E-state index in [0.29, 0.717) is 8.95 Å². The molecule has 2 aromatic carbocycles. The molecule has 0 aliphatic carbocycles. The number of rotatable bonds is 4. The van der Waals surface area contributed by atoms with Gasteiger partial charge < -0.3 is 0 Å². The van der Waals surface area contributed by atoms with Crippen molar-refractivity contribution in [2.24, 2.45) is 0 Å². The van der Waals surface area contributed by atoms with E-state index in [1.54, 1.807) is 12.1 Å². The fraction of sp³-hybridized carbons (Fsp3) is 0. The van der Waals surface area contributed by atoms with Crippen molar-refractivity contribution in [1.82, 2.24) is 0 Å². The number of nitro groups is 1. The third-order valence-electron chi connectivity index (χ3n) is 2.51. The van der Waals surface area contributed by atoms with Crippen LogP contribution in [0.4, 0.5) is 11.4 Å². The minimum absolute atomic E-state index is 0.00842. The topological polar surface area (TPSA) is 89.3 Å². The molecule has 0 amide bonds. The van der Waals surface area contributed by atoms with Gasteiger partial charge in [0.2, 0.25) is 0 Å². The minimum atomic E-state index is -3.90. The van der Waals surface area contributed by atoms with Gasteiger partial charge in [-0.05, 0) is 30.3 Å². The van der Waals surface area contributed by atoms with E-state index in [1.165, 1.54) is 30.3 Å². The van der Waals surface area contributed by atoms with Crippen molar-refractivity contribution in [2.75, 3.05) is 4.72 Å². The minimum Gasteiger partial charge on any atom is -0.273 e. The number of hydrogen-bond acceptors (Lipinski definition) is 4. The lowest BCUT2D eigenvalue weighted by atomic mass is 10.3. The van der Waals surface area contributed by atoms with Gasteiger partial charge in [-0.2, -0.15) is 0 Å². The summed E-state index contributed by atoms with van der Waals surface area (Å²) in [6.07, 6.45) is 0. The molecular weight excluding hydrogens is 428 g/mol. The average molecular weight is 436 g/mol. The van der Waals surface area contributed by atoms with Crippen LogP contribution in [0, 0.1) is 10.1 Å². The van der Waals surface area contributed by atoms with Crippen LogP contribution in [-0.4, -0.2) is 13.3 Å². The monoisotopic (exact) mass is 434 g/mol. The summed E-state index contributed by atoms with van der Waals surface area (Å²) in [5.74, 6) is 0. The van der Waals surface area contributed by atoms with Gasteiger partial charge >= 0.3 is 0 Å². The lowest BCUT2D eigenvalue weighted by Gasteiger charge is -2.09. The lowest BCUT2D eigenvalue weighted by Crippen LogP contribution is -2.14. The molecule has 0 heterocycles. The first-order chi connectivity index (χ1) is 9.79. The normalized spacial score (nSPS) is 11.1. The molecule has 0 aliphatic rings. The first kappa shape index (κ1) is 15.9. The van der Waals surface area contributed by atoms with Crippen molar-refractivity contribution in [3.63, 3.8) is 0 Å². The second kappa shape index (κ2) is 6.12. The second-order valence-corrected chi connectivity index (χ2v) is 7.50. The Morgan fingerprint density at radius 1 is 1.05 bits per heavy atom. The number of sulfonamides is 1. The highest BCUT2D eigenvalue weighted by Crippen LogP contribution is 2.30. The summed E-state index contributed by atoms with van der Waals surface area (Å²) in [6.45, 7) is 0. The number of halogens is 2. The molecule has 1 N–H and O–H groups in total. The van der Waals surface area contributed by atoms with Crippen LogP contribution in [-0.2, 0) is 10.0 Å². The van der Waals surface area contributed by atoms with E-state index in [0.717, 1.165) is 0 Å². The van der Waals surface area contributed by atoms with E-state index in [-0.39, 0.29) is 16.3 Å². The van der Waals surface area contributed by atoms with E-state index in [4.69, 9.17) is 0 Å². The number of benzene rings is 2. The SMILES string of the molecule is O=[N+]([O-])c1cc(Br)ccc1NS(=O)(=O)c1cccc(Br)c1. The van der Waals surface area contributed by atoms with Crippen LogP contribution in [0.15, 0.2) is 56.3 Å². The fourth-order valence-corrected chi connectivity index (χ4v) is 3.60. The maximum Gasteiger partial charge on any atom is 0.294 e.